The maximum absolute atomic E-state index is 13.0. The molecule has 4 rings (SSSR count). The Morgan fingerprint density at radius 3 is 2.55 bits per heavy atom. The third-order valence-corrected chi connectivity index (χ3v) is 5.78. The zero-order valence-electron chi connectivity index (χ0n) is 16.8. The lowest BCUT2D eigenvalue weighted by Crippen LogP contribution is -2.48. The number of halogens is 2. The highest BCUT2D eigenvalue weighted by Gasteiger charge is 2.36. The molecule has 0 spiro atoms. The Morgan fingerprint density at radius 2 is 1.90 bits per heavy atom. The molecule has 2 unspecified atom stereocenters. The Hall–Kier alpha value is -1.82. The van der Waals surface area contributed by atoms with Gasteiger partial charge in [0, 0.05) is 36.4 Å². The summed E-state index contributed by atoms with van der Waals surface area (Å²) < 4.78 is 5.80. The van der Waals surface area contributed by atoms with E-state index in [9.17, 15) is 4.79 Å². The van der Waals surface area contributed by atoms with E-state index < -0.39 is 0 Å². The molecular weight excluding hydrogens is 409 g/mol. The number of rotatable bonds is 5. The molecule has 0 radical (unpaired) electrons. The van der Waals surface area contributed by atoms with E-state index in [2.05, 4.69) is 10.3 Å². The number of nitrogens with one attached hydrogen (secondary N) is 1. The van der Waals surface area contributed by atoms with Gasteiger partial charge in [-0.2, -0.15) is 0 Å². The van der Waals surface area contributed by atoms with Gasteiger partial charge in [-0.3, -0.25) is 9.78 Å². The van der Waals surface area contributed by atoms with Crippen LogP contribution in [0.3, 0.4) is 0 Å². The van der Waals surface area contributed by atoms with E-state index in [-0.39, 0.29) is 30.7 Å². The standard InChI is InChI=1S/C22H27N3O2.2ClH/c1-15-6-9-21(13-23-15)27-14-16-4-3-5-17(10-16)22(26)25(2)20-11-18-7-8-19(12-20)24-18;;/h3-6,9-10,13,18-20,24H,7-8,11-12,14H2,1-2H3;2*1H. The summed E-state index contributed by atoms with van der Waals surface area (Å²) in [6.45, 7) is 2.37. The van der Waals surface area contributed by atoms with Crippen molar-refractivity contribution in [1.82, 2.24) is 15.2 Å². The third-order valence-electron chi connectivity index (χ3n) is 5.78. The van der Waals surface area contributed by atoms with Gasteiger partial charge in [-0.05, 0) is 62.4 Å². The number of hydrogen-bond acceptors (Lipinski definition) is 4. The number of carbonyl (C=O) groups is 1. The molecule has 2 fully saturated rings. The Kier molecular flexibility index (Phi) is 8.32. The van der Waals surface area contributed by atoms with Gasteiger partial charge in [-0.15, -0.1) is 24.8 Å². The fourth-order valence-corrected chi connectivity index (χ4v) is 4.21. The summed E-state index contributed by atoms with van der Waals surface area (Å²) in [6.07, 6.45) is 6.32. The van der Waals surface area contributed by atoms with Gasteiger partial charge in [0.1, 0.15) is 12.4 Å². The molecule has 2 aliphatic heterocycles. The summed E-state index contributed by atoms with van der Waals surface area (Å²) in [7, 11) is 1.94. The molecule has 2 saturated heterocycles. The van der Waals surface area contributed by atoms with E-state index in [0.717, 1.165) is 35.4 Å². The van der Waals surface area contributed by atoms with E-state index in [0.29, 0.717) is 24.7 Å². The van der Waals surface area contributed by atoms with E-state index in [1.165, 1.54) is 12.8 Å². The molecule has 2 aromatic rings. The maximum atomic E-state index is 13.0. The number of aryl methyl sites for hydroxylation is 1. The fourth-order valence-electron chi connectivity index (χ4n) is 4.21. The van der Waals surface area contributed by atoms with Crippen molar-refractivity contribution in [3.63, 3.8) is 0 Å². The van der Waals surface area contributed by atoms with Crippen molar-refractivity contribution >= 4 is 30.7 Å². The molecule has 29 heavy (non-hydrogen) atoms. The second kappa shape index (κ2) is 10.3. The number of carbonyl (C=O) groups excluding carboxylic acids is 1. The first kappa shape index (κ1) is 23.5. The van der Waals surface area contributed by atoms with Crippen LogP contribution in [0.1, 0.15) is 47.3 Å². The summed E-state index contributed by atoms with van der Waals surface area (Å²) in [5, 5.41) is 3.64. The van der Waals surface area contributed by atoms with E-state index in [1.54, 1.807) is 6.20 Å². The van der Waals surface area contributed by atoms with E-state index >= 15 is 0 Å². The average Bonchev–Trinajstić information content (AvgIpc) is 3.04. The molecule has 3 heterocycles. The number of amides is 1. The molecule has 7 heteroatoms. The number of pyridine rings is 1. The third kappa shape index (κ3) is 5.62. The highest BCUT2D eigenvalue weighted by Crippen LogP contribution is 2.30. The highest BCUT2D eigenvalue weighted by molar-refractivity contribution is 5.94. The number of piperidine rings is 1. The maximum Gasteiger partial charge on any atom is 0.253 e. The van der Waals surface area contributed by atoms with Crippen molar-refractivity contribution in [3.8, 4) is 5.75 Å². The van der Waals surface area contributed by atoms with Crippen LogP contribution in [0, 0.1) is 6.92 Å². The predicted molar refractivity (Wildman–Crippen MR) is 119 cm³/mol. The second-order valence-electron chi connectivity index (χ2n) is 7.80. The molecule has 1 aromatic heterocycles. The molecule has 158 valence electrons. The van der Waals surface area contributed by atoms with Crippen LogP contribution < -0.4 is 10.1 Å². The number of ether oxygens (including phenoxy) is 1. The number of hydrogen-bond donors (Lipinski definition) is 1. The number of benzene rings is 1. The summed E-state index contributed by atoms with van der Waals surface area (Å²) in [6, 6.07) is 13.1. The smallest absolute Gasteiger partial charge is 0.253 e. The zero-order chi connectivity index (χ0) is 18.8. The molecule has 2 aliphatic rings. The number of nitrogens with zero attached hydrogens (tertiary/aromatic N) is 2. The van der Waals surface area contributed by atoms with Crippen molar-refractivity contribution < 1.29 is 9.53 Å². The van der Waals surface area contributed by atoms with Crippen LogP contribution in [0.25, 0.3) is 0 Å². The number of aromatic nitrogens is 1. The molecule has 0 aliphatic carbocycles. The topological polar surface area (TPSA) is 54.5 Å². The van der Waals surface area contributed by atoms with Gasteiger partial charge < -0.3 is 15.0 Å². The molecular formula is C22H29Cl2N3O2. The number of fused-ring (bicyclic) bond motifs is 2. The Balaban J connectivity index is 0.00000150. The Morgan fingerprint density at radius 1 is 1.17 bits per heavy atom. The van der Waals surface area contributed by atoms with Crippen LogP contribution in [0.15, 0.2) is 42.6 Å². The minimum atomic E-state index is 0. The van der Waals surface area contributed by atoms with Crippen LogP contribution in [-0.4, -0.2) is 41.0 Å². The van der Waals surface area contributed by atoms with Gasteiger partial charge in [0.2, 0.25) is 0 Å². The molecule has 5 nitrogen and oxygen atoms in total. The fraction of sp³-hybridized carbons (Fsp3) is 0.455. The van der Waals surface area contributed by atoms with Crippen LogP contribution in [0.4, 0.5) is 0 Å². The molecule has 1 N–H and O–H groups in total. The average molecular weight is 438 g/mol. The lowest BCUT2D eigenvalue weighted by molar-refractivity contribution is 0.0681. The van der Waals surface area contributed by atoms with Crippen molar-refractivity contribution in [3.05, 3.63) is 59.4 Å². The lowest BCUT2D eigenvalue weighted by atomic mass is 9.97. The predicted octanol–water partition coefficient (Wildman–Crippen LogP) is 4.17. The minimum Gasteiger partial charge on any atom is -0.487 e. The highest BCUT2D eigenvalue weighted by atomic mass is 35.5. The summed E-state index contributed by atoms with van der Waals surface area (Å²) >= 11 is 0. The molecule has 1 amide bonds. The molecule has 2 bridgehead atoms. The van der Waals surface area contributed by atoms with Crippen LogP contribution in [0.2, 0.25) is 0 Å². The van der Waals surface area contributed by atoms with E-state index in [4.69, 9.17) is 4.74 Å². The van der Waals surface area contributed by atoms with Crippen molar-refractivity contribution in [1.29, 1.82) is 0 Å². The SMILES string of the molecule is Cc1ccc(OCc2cccc(C(=O)N(C)C3CC4CCC(C3)N4)c2)cn1.Cl.Cl. The molecule has 1 aromatic carbocycles. The molecule has 0 saturated carbocycles. The van der Waals surface area contributed by atoms with Gasteiger partial charge >= 0.3 is 0 Å². The van der Waals surface area contributed by atoms with Crippen LogP contribution >= 0.6 is 24.8 Å². The monoisotopic (exact) mass is 437 g/mol. The largest absolute Gasteiger partial charge is 0.487 e. The van der Waals surface area contributed by atoms with Crippen LogP contribution in [0.5, 0.6) is 5.75 Å². The normalized spacial score (nSPS) is 22.2. The van der Waals surface area contributed by atoms with Crippen molar-refractivity contribution in [2.45, 2.75) is 57.3 Å². The first-order valence-electron chi connectivity index (χ1n) is 9.76. The van der Waals surface area contributed by atoms with E-state index in [1.807, 2.05) is 55.3 Å². The van der Waals surface area contributed by atoms with Crippen LogP contribution in [-0.2, 0) is 6.61 Å². The first-order chi connectivity index (χ1) is 13.1. The quantitative estimate of drug-likeness (QED) is 0.762. The minimum absolute atomic E-state index is 0. The van der Waals surface area contributed by atoms with Gasteiger partial charge in [0.05, 0.1) is 6.20 Å². The summed E-state index contributed by atoms with van der Waals surface area (Å²) in [5.41, 5.74) is 2.68. The van der Waals surface area contributed by atoms with Crippen molar-refractivity contribution in [2.24, 2.45) is 0 Å². The second-order valence-corrected chi connectivity index (χ2v) is 7.80. The van der Waals surface area contributed by atoms with Gasteiger partial charge in [0.25, 0.3) is 5.91 Å². The summed E-state index contributed by atoms with van der Waals surface area (Å²) in [4.78, 5) is 19.2. The first-order valence-corrected chi connectivity index (χ1v) is 9.76. The van der Waals surface area contributed by atoms with Gasteiger partial charge in [0.15, 0.2) is 0 Å². The van der Waals surface area contributed by atoms with Gasteiger partial charge in [-0.25, -0.2) is 0 Å². The summed E-state index contributed by atoms with van der Waals surface area (Å²) in [5.74, 6) is 0.833. The Labute approximate surface area is 185 Å². The zero-order valence-corrected chi connectivity index (χ0v) is 18.5. The van der Waals surface area contributed by atoms with Crippen molar-refractivity contribution in [2.75, 3.05) is 7.05 Å². The lowest BCUT2D eigenvalue weighted by Gasteiger charge is -2.35. The Bertz CT molecular complexity index is 804. The van der Waals surface area contributed by atoms with Gasteiger partial charge in [-0.1, -0.05) is 12.1 Å². The molecule has 2 atom stereocenters.